The minimum atomic E-state index is -0.574. The van der Waals surface area contributed by atoms with E-state index in [9.17, 15) is 14.9 Å². The summed E-state index contributed by atoms with van der Waals surface area (Å²) in [5.41, 5.74) is 1.76. The van der Waals surface area contributed by atoms with Gasteiger partial charge in [0.2, 0.25) is 0 Å². The van der Waals surface area contributed by atoms with Gasteiger partial charge in [-0.3, -0.25) is 14.2 Å². The second kappa shape index (κ2) is 9.27. The van der Waals surface area contributed by atoms with Gasteiger partial charge in [-0.1, -0.05) is 18.1 Å². The Morgan fingerprint density at radius 2 is 2.00 bits per heavy atom. The molecule has 3 rings (SSSR count). The van der Waals surface area contributed by atoms with Crippen LogP contribution in [0.4, 0.5) is 5.69 Å². The quantitative estimate of drug-likeness (QED) is 0.745. The predicted octanol–water partition coefficient (Wildman–Crippen LogP) is 0.782. The molecule has 6 nitrogen and oxygen atoms in total. The SMILES string of the molecule is C#CCNC(=O)/C(C#N)=c1\sc(=Cc2ccc(N3CCCC3)cc2)c(=O)n1CC. The number of anilines is 1. The Labute approximate surface area is 173 Å². The van der Waals surface area contributed by atoms with Crippen LogP contribution < -0.4 is 25.0 Å². The lowest BCUT2D eigenvalue weighted by atomic mass is 10.2. The van der Waals surface area contributed by atoms with Gasteiger partial charge in [-0.25, -0.2) is 0 Å². The van der Waals surface area contributed by atoms with Crippen molar-refractivity contribution in [1.29, 1.82) is 5.26 Å². The molecule has 1 fully saturated rings. The van der Waals surface area contributed by atoms with Crippen molar-refractivity contribution in [3.8, 4) is 18.4 Å². The summed E-state index contributed by atoms with van der Waals surface area (Å²) in [6.45, 7) is 4.34. The molecule has 0 saturated carbocycles. The fourth-order valence-electron chi connectivity index (χ4n) is 3.32. The minimum absolute atomic E-state index is 0.0219. The normalized spacial score (nSPS) is 15.0. The van der Waals surface area contributed by atoms with Gasteiger partial charge in [-0.2, -0.15) is 5.26 Å². The summed E-state index contributed by atoms with van der Waals surface area (Å²) in [7, 11) is 0. The molecule has 0 radical (unpaired) electrons. The standard InChI is InChI=1S/C22H22N4O2S/c1-3-11-24-20(27)18(15-23)22-26(4-2)21(28)19(29-22)14-16-7-9-17(10-8-16)25-12-5-6-13-25/h1,7-10,14H,4-6,11-13H2,2H3,(H,24,27)/b19-14?,22-18-. The van der Waals surface area contributed by atoms with Crippen LogP contribution in [0, 0.1) is 23.7 Å². The number of hydrogen-bond acceptors (Lipinski definition) is 5. The zero-order valence-electron chi connectivity index (χ0n) is 16.3. The Balaban J connectivity index is 2.04. The molecule has 0 atom stereocenters. The lowest BCUT2D eigenvalue weighted by Gasteiger charge is -2.17. The molecule has 1 N–H and O–H groups in total. The summed E-state index contributed by atoms with van der Waals surface area (Å²) in [5, 5.41) is 12.0. The van der Waals surface area contributed by atoms with Crippen LogP contribution in [-0.4, -0.2) is 30.1 Å². The molecule has 29 heavy (non-hydrogen) atoms. The van der Waals surface area contributed by atoms with Crippen LogP contribution in [0.5, 0.6) is 0 Å². The van der Waals surface area contributed by atoms with Crippen LogP contribution in [0.15, 0.2) is 29.1 Å². The van der Waals surface area contributed by atoms with Crippen LogP contribution >= 0.6 is 11.3 Å². The predicted molar refractivity (Wildman–Crippen MR) is 116 cm³/mol. The van der Waals surface area contributed by atoms with Crippen molar-refractivity contribution < 1.29 is 4.79 Å². The summed E-state index contributed by atoms with van der Waals surface area (Å²) < 4.78 is 2.27. The van der Waals surface area contributed by atoms with E-state index in [1.807, 2.05) is 18.2 Å². The average molecular weight is 407 g/mol. The van der Waals surface area contributed by atoms with Gasteiger partial charge in [0.05, 0.1) is 11.1 Å². The molecule has 0 spiro atoms. The van der Waals surface area contributed by atoms with Gasteiger partial charge < -0.3 is 10.2 Å². The third-order valence-corrected chi connectivity index (χ3v) is 5.92. The first-order valence-corrected chi connectivity index (χ1v) is 10.3. The van der Waals surface area contributed by atoms with E-state index in [4.69, 9.17) is 6.42 Å². The van der Waals surface area contributed by atoms with Crippen LogP contribution in [0.2, 0.25) is 0 Å². The van der Waals surface area contributed by atoms with Crippen molar-refractivity contribution in [2.45, 2.75) is 26.3 Å². The Bertz CT molecular complexity index is 1150. The number of carbonyl (C=O) groups is 1. The fraction of sp³-hybridized carbons (Fsp3) is 0.318. The van der Waals surface area contributed by atoms with Gasteiger partial charge in [0.15, 0.2) is 5.57 Å². The lowest BCUT2D eigenvalue weighted by molar-refractivity contribution is -0.115. The Kier molecular flexibility index (Phi) is 6.54. The van der Waals surface area contributed by atoms with Gasteiger partial charge in [0, 0.05) is 25.3 Å². The molecule has 1 aliphatic heterocycles. The minimum Gasteiger partial charge on any atom is -0.372 e. The van der Waals surface area contributed by atoms with E-state index in [2.05, 4.69) is 28.3 Å². The van der Waals surface area contributed by atoms with Gasteiger partial charge in [0.25, 0.3) is 11.5 Å². The van der Waals surface area contributed by atoms with E-state index in [0.717, 1.165) is 30.0 Å². The first kappa shape index (κ1) is 20.4. The Morgan fingerprint density at radius 1 is 1.31 bits per heavy atom. The average Bonchev–Trinajstić information content (AvgIpc) is 3.37. The van der Waals surface area contributed by atoms with E-state index in [0.29, 0.717) is 15.7 Å². The third kappa shape index (κ3) is 4.42. The summed E-state index contributed by atoms with van der Waals surface area (Å²) in [6.07, 6.45) is 9.39. The summed E-state index contributed by atoms with van der Waals surface area (Å²) >= 11 is 1.14. The van der Waals surface area contributed by atoms with Crippen LogP contribution in [-0.2, 0) is 11.3 Å². The topological polar surface area (TPSA) is 78.1 Å². The van der Waals surface area contributed by atoms with E-state index in [-0.39, 0.29) is 17.7 Å². The summed E-state index contributed by atoms with van der Waals surface area (Å²) in [6, 6.07) is 10.00. The number of nitrogens with one attached hydrogen (secondary N) is 1. The number of hydrogen-bond donors (Lipinski definition) is 1. The van der Waals surface area contributed by atoms with E-state index >= 15 is 0 Å². The molecule has 1 aromatic carbocycles. The fourth-order valence-corrected chi connectivity index (χ4v) is 4.48. The van der Waals surface area contributed by atoms with Crippen molar-refractivity contribution >= 4 is 34.6 Å². The molecule has 2 heterocycles. The number of amides is 1. The molecule has 1 aromatic heterocycles. The van der Waals surface area contributed by atoms with Crippen molar-refractivity contribution in [1.82, 2.24) is 9.88 Å². The maximum Gasteiger partial charge on any atom is 0.269 e. The molecule has 7 heteroatoms. The highest BCUT2D eigenvalue weighted by molar-refractivity contribution is 7.07. The molecular formula is C22H22N4O2S. The van der Waals surface area contributed by atoms with Gasteiger partial charge in [-0.05, 0) is 43.5 Å². The highest BCUT2D eigenvalue weighted by Gasteiger charge is 2.15. The molecule has 148 valence electrons. The van der Waals surface area contributed by atoms with Crippen molar-refractivity contribution in [2.75, 3.05) is 24.5 Å². The highest BCUT2D eigenvalue weighted by Crippen LogP contribution is 2.20. The zero-order chi connectivity index (χ0) is 20.8. The smallest absolute Gasteiger partial charge is 0.269 e. The van der Waals surface area contributed by atoms with Gasteiger partial charge in [-0.15, -0.1) is 17.8 Å². The Morgan fingerprint density at radius 3 is 2.59 bits per heavy atom. The number of carbonyl (C=O) groups excluding carboxylic acids is 1. The maximum atomic E-state index is 12.8. The molecular weight excluding hydrogens is 384 g/mol. The number of nitrogens with zero attached hydrogens (tertiary/aromatic N) is 3. The second-order valence-corrected chi connectivity index (χ2v) is 7.66. The second-order valence-electron chi connectivity index (χ2n) is 6.62. The van der Waals surface area contributed by atoms with Crippen LogP contribution in [0.25, 0.3) is 11.6 Å². The highest BCUT2D eigenvalue weighted by atomic mass is 32.1. The van der Waals surface area contributed by atoms with E-state index in [1.54, 1.807) is 13.0 Å². The summed E-state index contributed by atoms with van der Waals surface area (Å²) in [4.78, 5) is 27.4. The van der Waals surface area contributed by atoms with Crippen molar-refractivity contribution in [3.63, 3.8) is 0 Å². The maximum absolute atomic E-state index is 12.8. The van der Waals surface area contributed by atoms with E-state index < -0.39 is 5.91 Å². The van der Waals surface area contributed by atoms with Crippen molar-refractivity contribution in [3.05, 3.63) is 49.4 Å². The lowest BCUT2D eigenvalue weighted by Crippen LogP contribution is -2.34. The Hall–Kier alpha value is -3.29. The van der Waals surface area contributed by atoms with Crippen LogP contribution in [0.3, 0.4) is 0 Å². The molecule has 1 aliphatic rings. The van der Waals surface area contributed by atoms with Crippen LogP contribution in [0.1, 0.15) is 25.3 Å². The third-order valence-electron chi connectivity index (χ3n) is 4.79. The molecule has 1 saturated heterocycles. The number of nitriles is 1. The molecule has 2 aromatic rings. The van der Waals surface area contributed by atoms with Gasteiger partial charge in [0.1, 0.15) is 10.7 Å². The number of thiazole rings is 1. The molecule has 0 aliphatic carbocycles. The monoisotopic (exact) mass is 406 g/mol. The number of aromatic nitrogens is 1. The van der Waals surface area contributed by atoms with Gasteiger partial charge >= 0.3 is 0 Å². The summed E-state index contributed by atoms with van der Waals surface area (Å²) in [5.74, 6) is 1.73. The molecule has 0 bridgehead atoms. The number of benzene rings is 1. The number of terminal acetylenes is 1. The van der Waals surface area contributed by atoms with E-state index in [1.165, 1.54) is 23.1 Å². The largest absolute Gasteiger partial charge is 0.372 e. The first-order chi connectivity index (χ1) is 14.1. The zero-order valence-corrected chi connectivity index (χ0v) is 17.1. The first-order valence-electron chi connectivity index (χ1n) is 9.51. The molecule has 1 amide bonds. The number of rotatable bonds is 5. The molecule has 0 unspecified atom stereocenters. The van der Waals surface area contributed by atoms with Crippen molar-refractivity contribution in [2.24, 2.45) is 0 Å².